The Bertz CT molecular complexity index is 771. The lowest BCUT2D eigenvalue weighted by Crippen LogP contribution is -2.64. The quantitative estimate of drug-likeness (QED) is 0.626. The van der Waals surface area contributed by atoms with E-state index in [0.29, 0.717) is 31.8 Å². The highest BCUT2D eigenvalue weighted by Crippen LogP contribution is 2.28. The summed E-state index contributed by atoms with van der Waals surface area (Å²) in [6.45, 7) is 5.26. The maximum Gasteiger partial charge on any atom is 0.273 e. The summed E-state index contributed by atoms with van der Waals surface area (Å²) < 4.78 is 6.46. The van der Waals surface area contributed by atoms with Crippen LogP contribution in [0.5, 0.6) is 0 Å². The van der Waals surface area contributed by atoms with Crippen molar-refractivity contribution in [3.8, 4) is 0 Å². The van der Waals surface area contributed by atoms with E-state index in [4.69, 9.17) is 4.74 Å². The van der Waals surface area contributed by atoms with Crippen LogP contribution in [0.15, 0.2) is 6.07 Å². The van der Waals surface area contributed by atoms with Crippen molar-refractivity contribution in [2.75, 3.05) is 26.8 Å². The fourth-order valence-corrected chi connectivity index (χ4v) is 4.17. The molecule has 160 valence electrons. The van der Waals surface area contributed by atoms with Gasteiger partial charge in [-0.25, -0.2) is 0 Å². The van der Waals surface area contributed by atoms with E-state index in [1.807, 2.05) is 6.92 Å². The maximum absolute atomic E-state index is 13.1. The molecule has 9 heteroatoms. The third-order valence-corrected chi connectivity index (χ3v) is 5.84. The zero-order valence-electron chi connectivity index (χ0n) is 17.5. The van der Waals surface area contributed by atoms with E-state index < -0.39 is 5.54 Å². The highest BCUT2D eigenvalue weighted by atomic mass is 16.5. The van der Waals surface area contributed by atoms with Gasteiger partial charge in [0.25, 0.3) is 11.8 Å². The number of rotatable bonds is 8. The van der Waals surface area contributed by atoms with Gasteiger partial charge in [-0.3, -0.25) is 19.1 Å². The number of nitrogens with zero attached hydrogens (tertiary/aromatic N) is 3. The van der Waals surface area contributed by atoms with E-state index in [1.165, 1.54) is 10.7 Å². The first-order valence-corrected chi connectivity index (χ1v) is 10.4. The van der Waals surface area contributed by atoms with Crippen LogP contribution in [0.3, 0.4) is 0 Å². The second-order valence-electron chi connectivity index (χ2n) is 7.95. The number of carbonyl (C=O) groups excluding carboxylic acids is 3. The van der Waals surface area contributed by atoms with Gasteiger partial charge in [0, 0.05) is 38.9 Å². The Hall–Kier alpha value is -2.42. The van der Waals surface area contributed by atoms with E-state index in [1.54, 1.807) is 18.9 Å². The number of fused-ring (bicyclic) bond motifs is 1. The Kier molecular flexibility index (Phi) is 6.56. The first-order chi connectivity index (χ1) is 13.9. The Balaban J connectivity index is 1.77. The molecule has 1 saturated carbocycles. The number of ether oxygens (including phenoxy) is 1. The molecule has 2 heterocycles. The monoisotopic (exact) mass is 405 g/mol. The van der Waals surface area contributed by atoms with E-state index in [9.17, 15) is 14.4 Å². The molecular formula is C20H31N5O4. The summed E-state index contributed by atoms with van der Waals surface area (Å²) in [5.74, 6) is -0.781. The van der Waals surface area contributed by atoms with Crippen LogP contribution >= 0.6 is 0 Å². The minimum absolute atomic E-state index is 0.161. The van der Waals surface area contributed by atoms with Crippen LogP contribution in [0, 0.1) is 0 Å². The highest BCUT2D eigenvalue weighted by molar-refractivity contribution is 6.01. The molecule has 29 heavy (non-hydrogen) atoms. The fraction of sp³-hybridized carbons (Fsp3) is 0.700. The first-order valence-electron chi connectivity index (χ1n) is 10.4. The number of methoxy groups -OCH3 is 1. The van der Waals surface area contributed by atoms with E-state index >= 15 is 0 Å². The molecule has 1 aromatic rings. The SMILES string of the molecule is CCN1C(=O)c2cc(C(=O)NCCCOC)nn2CC1(C)C(=O)NC1CCCC1. The molecule has 9 nitrogen and oxygen atoms in total. The number of hydrogen-bond donors (Lipinski definition) is 2. The van der Waals surface area contributed by atoms with Crippen molar-refractivity contribution in [2.45, 2.75) is 64.1 Å². The number of hydrogen-bond acceptors (Lipinski definition) is 5. The molecule has 1 aromatic heterocycles. The lowest BCUT2D eigenvalue weighted by Gasteiger charge is -2.43. The minimum Gasteiger partial charge on any atom is -0.385 e. The van der Waals surface area contributed by atoms with Gasteiger partial charge in [0.15, 0.2) is 5.69 Å². The smallest absolute Gasteiger partial charge is 0.273 e. The largest absolute Gasteiger partial charge is 0.385 e. The van der Waals surface area contributed by atoms with Crippen molar-refractivity contribution in [3.63, 3.8) is 0 Å². The van der Waals surface area contributed by atoms with Crippen molar-refractivity contribution in [1.29, 1.82) is 0 Å². The van der Waals surface area contributed by atoms with Crippen molar-refractivity contribution in [2.24, 2.45) is 0 Å². The zero-order chi connectivity index (χ0) is 21.0. The topological polar surface area (TPSA) is 106 Å². The maximum atomic E-state index is 13.1. The summed E-state index contributed by atoms with van der Waals surface area (Å²) in [4.78, 5) is 40.1. The van der Waals surface area contributed by atoms with Gasteiger partial charge in [0.05, 0.1) is 6.54 Å². The molecule has 0 bridgehead atoms. The second-order valence-corrected chi connectivity index (χ2v) is 7.95. The number of aromatic nitrogens is 2. The summed E-state index contributed by atoms with van der Waals surface area (Å²) >= 11 is 0. The van der Waals surface area contributed by atoms with Crippen LogP contribution in [-0.2, 0) is 16.1 Å². The van der Waals surface area contributed by atoms with Crippen LogP contribution in [0.2, 0.25) is 0 Å². The molecule has 0 aromatic carbocycles. The molecule has 0 radical (unpaired) electrons. The summed E-state index contributed by atoms with van der Waals surface area (Å²) in [6, 6.07) is 1.67. The van der Waals surface area contributed by atoms with Gasteiger partial charge < -0.3 is 20.3 Å². The van der Waals surface area contributed by atoms with Gasteiger partial charge in [0.2, 0.25) is 5.91 Å². The third kappa shape index (κ3) is 4.29. The predicted octanol–water partition coefficient (Wildman–Crippen LogP) is 0.943. The summed E-state index contributed by atoms with van der Waals surface area (Å²) in [6.07, 6.45) is 4.87. The van der Waals surface area contributed by atoms with Gasteiger partial charge >= 0.3 is 0 Å². The Morgan fingerprint density at radius 2 is 2.07 bits per heavy atom. The van der Waals surface area contributed by atoms with Crippen LogP contribution in [-0.4, -0.2) is 70.8 Å². The van der Waals surface area contributed by atoms with Gasteiger partial charge in [-0.2, -0.15) is 5.10 Å². The molecule has 0 saturated heterocycles. The Morgan fingerprint density at radius 1 is 1.34 bits per heavy atom. The molecule has 1 aliphatic heterocycles. The number of carbonyl (C=O) groups is 3. The number of amides is 3. The summed E-state index contributed by atoms with van der Waals surface area (Å²) in [7, 11) is 1.61. The highest BCUT2D eigenvalue weighted by Gasteiger charge is 2.48. The molecule has 1 atom stereocenters. The Morgan fingerprint density at radius 3 is 2.72 bits per heavy atom. The first kappa shape index (κ1) is 21.3. The predicted molar refractivity (Wildman–Crippen MR) is 107 cm³/mol. The average molecular weight is 405 g/mol. The molecule has 2 aliphatic rings. The van der Waals surface area contributed by atoms with E-state index in [-0.39, 0.29) is 36.0 Å². The van der Waals surface area contributed by atoms with Crippen molar-refractivity contribution >= 4 is 17.7 Å². The second kappa shape index (κ2) is 8.94. The van der Waals surface area contributed by atoms with Crippen LogP contribution in [0.25, 0.3) is 0 Å². The van der Waals surface area contributed by atoms with Gasteiger partial charge in [-0.05, 0) is 33.1 Å². The van der Waals surface area contributed by atoms with Crippen molar-refractivity contribution < 1.29 is 19.1 Å². The molecule has 0 spiro atoms. The summed E-state index contributed by atoms with van der Waals surface area (Å²) in [5.41, 5.74) is -0.526. The average Bonchev–Trinajstić information content (AvgIpc) is 3.35. The summed E-state index contributed by atoms with van der Waals surface area (Å²) in [5, 5.41) is 10.2. The molecule has 1 aliphatic carbocycles. The van der Waals surface area contributed by atoms with E-state index in [2.05, 4.69) is 15.7 Å². The lowest BCUT2D eigenvalue weighted by atomic mass is 9.94. The standard InChI is InChI=1S/C20H31N5O4/c1-4-24-18(27)16-12-15(17(26)21-10-7-11-29-3)23-25(16)13-20(24,2)19(28)22-14-8-5-6-9-14/h12,14H,4-11,13H2,1-3H3,(H,21,26)(H,22,28). The Labute approximate surface area is 171 Å². The lowest BCUT2D eigenvalue weighted by molar-refractivity contribution is -0.133. The number of nitrogens with one attached hydrogen (secondary N) is 2. The van der Waals surface area contributed by atoms with Gasteiger partial charge in [0.1, 0.15) is 11.2 Å². The van der Waals surface area contributed by atoms with Gasteiger partial charge in [-0.15, -0.1) is 0 Å². The van der Waals surface area contributed by atoms with Crippen molar-refractivity contribution in [1.82, 2.24) is 25.3 Å². The molecule has 1 unspecified atom stereocenters. The normalized spacial score (nSPS) is 21.9. The van der Waals surface area contributed by atoms with Crippen LogP contribution in [0.1, 0.15) is 66.9 Å². The van der Waals surface area contributed by atoms with E-state index in [0.717, 1.165) is 25.7 Å². The molecule has 1 fully saturated rings. The fourth-order valence-electron chi connectivity index (χ4n) is 4.17. The van der Waals surface area contributed by atoms with Crippen molar-refractivity contribution in [3.05, 3.63) is 17.5 Å². The minimum atomic E-state index is -1.04. The van der Waals surface area contributed by atoms with Crippen LogP contribution in [0.4, 0.5) is 0 Å². The molecule has 3 rings (SSSR count). The zero-order valence-corrected chi connectivity index (χ0v) is 17.5. The number of likely N-dealkylation sites (N-methyl/N-ethyl adjacent to an activating group) is 1. The van der Waals surface area contributed by atoms with Crippen LogP contribution < -0.4 is 10.6 Å². The van der Waals surface area contributed by atoms with Gasteiger partial charge in [-0.1, -0.05) is 12.8 Å². The molecule has 3 amide bonds. The molecule has 2 N–H and O–H groups in total. The third-order valence-electron chi connectivity index (χ3n) is 5.84. The molecular weight excluding hydrogens is 374 g/mol.